The average molecular weight is 341 g/mol. The molecule has 0 bridgehead atoms. The van der Waals surface area contributed by atoms with Crippen LogP contribution >= 0.6 is 0 Å². The van der Waals surface area contributed by atoms with E-state index < -0.39 is 11.8 Å². The van der Waals surface area contributed by atoms with Gasteiger partial charge in [-0.2, -0.15) is 10.5 Å². The van der Waals surface area contributed by atoms with Crippen molar-refractivity contribution in [3.8, 4) is 29.4 Å². The van der Waals surface area contributed by atoms with Gasteiger partial charge in [0.1, 0.15) is 12.1 Å². The monoisotopic (exact) mass is 341 g/mol. The summed E-state index contributed by atoms with van der Waals surface area (Å²) in [6.45, 7) is 0. The molecule has 1 aliphatic rings. The van der Waals surface area contributed by atoms with Crippen LogP contribution < -0.4 is 14.2 Å². The maximum Gasteiger partial charge on any atom is 0.234 e. The highest BCUT2D eigenvalue weighted by Crippen LogP contribution is 2.41. The van der Waals surface area contributed by atoms with Crippen LogP contribution in [0.1, 0.15) is 18.4 Å². The SMILES string of the molecule is COc1cc(C(=C(C#N)C#N)N2C(=O)CCC2=O)cc(OC)c1OC. The van der Waals surface area contributed by atoms with E-state index in [0.29, 0.717) is 5.75 Å². The van der Waals surface area contributed by atoms with Crippen molar-refractivity contribution >= 4 is 17.5 Å². The maximum atomic E-state index is 12.1. The fraction of sp³-hybridized carbons (Fsp3) is 0.294. The Morgan fingerprint density at radius 3 is 1.80 bits per heavy atom. The summed E-state index contributed by atoms with van der Waals surface area (Å²) in [5.74, 6) is -0.108. The largest absolute Gasteiger partial charge is 0.493 e. The Kier molecular flexibility index (Phi) is 5.25. The highest BCUT2D eigenvalue weighted by molar-refractivity contribution is 6.10. The van der Waals surface area contributed by atoms with Crippen LogP contribution in [0, 0.1) is 22.7 Å². The van der Waals surface area contributed by atoms with Gasteiger partial charge in [0.05, 0.1) is 27.0 Å². The summed E-state index contributed by atoms with van der Waals surface area (Å²) in [5.41, 5.74) is -0.189. The van der Waals surface area contributed by atoms with Crippen molar-refractivity contribution in [1.29, 1.82) is 10.5 Å². The van der Waals surface area contributed by atoms with Crippen LogP contribution in [0.5, 0.6) is 17.2 Å². The number of allylic oxidation sites excluding steroid dienone is 1. The summed E-state index contributed by atoms with van der Waals surface area (Å²) in [5, 5.41) is 18.6. The molecule has 128 valence electrons. The van der Waals surface area contributed by atoms with Gasteiger partial charge in [0.2, 0.25) is 17.6 Å². The zero-order chi connectivity index (χ0) is 18.6. The molecule has 2 rings (SSSR count). The first-order valence-electron chi connectivity index (χ1n) is 7.23. The van der Waals surface area contributed by atoms with Crippen molar-refractivity contribution in [2.45, 2.75) is 12.8 Å². The molecule has 25 heavy (non-hydrogen) atoms. The van der Waals surface area contributed by atoms with E-state index in [0.717, 1.165) is 4.90 Å². The molecule has 0 radical (unpaired) electrons. The Morgan fingerprint density at radius 1 is 0.960 bits per heavy atom. The minimum Gasteiger partial charge on any atom is -0.493 e. The number of amides is 2. The predicted molar refractivity (Wildman–Crippen MR) is 85.3 cm³/mol. The van der Waals surface area contributed by atoms with Gasteiger partial charge in [0, 0.05) is 18.4 Å². The normalized spacial score (nSPS) is 13.1. The Bertz CT molecular complexity index is 788. The van der Waals surface area contributed by atoms with Gasteiger partial charge in [0.15, 0.2) is 17.1 Å². The van der Waals surface area contributed by atoms with Crippen LogP contribution in [0.4, 0.5) is 0 Å². The molecule has 8 heteroatoms. The fourth-order valence-corrected chi connectivity index (χ4v) is 2.56. The van der Waals surface area contributed by atoms with Crippen LogP contribution in [-0.2, 0) is 9.59 Å². The van der Waals surface area contributed by atoms with Gasteiger partial charge in [-0.05, 0) is 12.1 Å². The van der Waals surface area contributed by atoms with Crippen molar-refractivity contribution in [1.82, 2.24) is 4.90 Å². The summed E-state index contributed by atoms with van der Waals surface area (Å²) in [7, 11) is 4.25. The highest BCUT2D eigenvalue weighted by atomic mass is 16.5. The summed E-state index contributed by atoms with van der Waals surface area (Å²) < 4.78 is 15.7. The second kappa shape index (κ2) is 7.37. The van der Waals surface area contributed by atoms with E-state index in [-0.39, 0.29) is 41.2 Å². The molecule has 1 heterocycles. The minimum atomic E-state index is -0.475. The van der Waals surface area contributed by atoms with E-state index in [1.165, 1.54) is 33.5 Å². The Morgan fingerprint density at radius 2 is 1.44 bits per heavy atom. The van der Waals surface area contributed by atoms with Crippen molar-refractivity contribution < 1.29 is 23.8 Å². The molecular formula is C17H15N3O5. The molecule has 0 aromatic heterocycles. The van der Waals surface area contributed by atoms with Crippen LogP contribution in [0.25, 0.3) is 5.70 Å². The number of carbonyl (C=O) groups is 2. The minimum absolute atomic E-state index is 0.0247. The fourth-order valence-electron chi connectivity index (χ4n) is 2.56. The summed E-state index contributed by atoms with van der Waals surface area (Å²) >= 11 is 0. The first-order chi connectivity index (χ1) is 12.0. The lowest BCUT2D eigenvalue weighted by Crippen LogP contribution is -2.28. The Balaban J connectivity index is 2.79. The first kappa shape index (κ1) is 17.8. The molecule has 1 saturated heterocycles. The number of ether oxygens (including phenoxy) is 3. The van der Waals surface area contributed by atoms with E-state index in [1.54, 1.807) is 12.1 Å². The molecule has 2 amide bonds. The standard InChI is InChI=1S/C17H15N3O5/c1-23-12-6-10(7-13(24-2)17(12)25-3)16(11(8-18)9-19)20-14(21)4-5-15(20)22/h6-7H,4-5H2,1-3H3. The third kappa shape index (κ3) is 3.10. The summed E-state index contributed by atoms with van der Waals surface area (Å²) in [6.07, 6.45) is 0.0494. The molecule has 1 aromatic rings. The van der Waals surface area contributed by atoms with Crippen molar-refractivity contribution in [2.75, 3.05) is 21.3 Å². The van der Waals surface area contributed by atoms with Gasteiger partial charge in [-0.1, -0.05) is 0 Å². The lowest BCUT2D eigenvalue weighted by molar-refractivity contribution is -0.134. The number of carbonyl (C=O) groups excluding carboxylic acids is 2. The molecule has 1 fully saturated rings. The molecule has 0 unspecified atom stereocenters. The summed E-state index contributed by atoms with van der Waals surface area (Å²) in [6, 6.07) is 6.42. The maximum absolute atomic E-state index is 12.1. The van der Waals surface area contributed by atoms with E-state index in [2.05, 4.69) is 0 Å². The molecule has 0 spiro atoms. The molecule has 8 nitrogen and oxygen atoms in total. The second-order valence-corrected chi connectivity index (χ2v) is 4.98. The third-order valence-electron chi connectivity index (χ3n) is 3.67. The number of nitrogens with zero attached hydrogens (tertiary/aromatic N) is 3. The lowest BCUT2D eigenvalue weighted by Gasteiger charge is -2.21. The number of hydrogen-bond donors (Lipinski definition) is 0. The number of likely N-dealkylation sites (tertiary alicyclic amines) is 1. The van der Waals surface area contributed by atoms with Crippen LogP contribution in [0.15, 0.2) is 17.7 Å². The quantitative estimate of drug-likeness (QED) is 0.590. The van der Waals surface area contributed by atoms with Crippen LogP contribution in [-0.4, -0.2) is 38.0 Å². The van der Waals surface area contributed by atoms with Gasteiger partial charge in [-0.15, -0.1) is 0 Å². The number of rotatable bonds is 5. The van der Waals surface area contributed by atoms with Gasteiger partial charge in [0.25, 0.3) is 0 Å². The predicted octanol–water partition coefficient (Wildman–Crippen LogP) is 1.62. The van der Waals surface area contributed by atoms with Crippen LogP contribution in [0.2, 0.25) is 0 Å². The second-order valence-electron chi connectivity index (χ2n) is 4.98. The van der Waals surface area contributed by atoms with Gasteiger partial charge in [-0.25, -0.2) is 4.90 Å². The van der Waals surface area contributed by atoms with Gasteiger partial charge >= 0.3 is 0 Å². The average Bonchev–Trinajstić information content (AvgIpc) is 2.96. The van der Waals surface area contributed by atoms with Crippen LogP contribution in [0.3, 0.4) is 0 Å². The van der Waals surface area contributed by atoms with Gasteiger partial charge < -0.3 is 14.2 Å². The van der Waals surface area contributed by atoms with Gasteiger partial charge in [-0.3, -0.25) is 9.59 Å². The molecule has 0 atom stereocenters. The number of hydrogen-bond acceptors (Lipinski definition) is 7. The summed E-state index contributed by atoms with van der Waals surface area (Å²) in [4.78, 5) is 25.1. The van der Waals surface area contributed by atoms with E-state index >= 15 is 0 Å². The molecule has 0 N–H and O–H groups in total. The zero-order valence-corrected chi connectivity index (χ0v) is 14.0. The Hall–Kier alpha value is -3.52. The number of imide groups is 1. The Labute approximate surface area is 144 Å². The molecule has 0 aliphatic carbocycles. The lowest BCUT2D eigenvalue weighted by atomic mass is 10.0. The molecule has 1 aromatic carbocycles. The zero-order valence-electron chi connectivity index (χ0n) is 14.0. The van der Waals surface area contributed by atoms with E-state index in [4.69, 9.17) is 14.2 Å². The van der Waals surface area contributed by atoms with E-state index in [9.17, 15) is 20.1 Å². The number of nitriles is 2. The highest BCUT2D eigenvalue weighted by Gasteiger charge is 2.35. The number of methoxy groups -OCH3 is 3. The number of benzene rings is 1. The van der Waals surface area contributed by atoms with Crippen molar-refractivity contribution in [3.63, 3.8) is 0 Å². The third-order valence-corrected chi connectivity index (χ3v) is 3.67. The van der Waals surface area contributed by atoms with Crippen molar-refractivity contribution in [3.05, 3.63) is 23.3 Å². The molecule has 0 saturated carbocycles. The molecular weight excluding hydrogens is 326 g/mol. The smallest absolute Gasteiger partial charge is 0.234 e. The molecule has 1 aliphatic heterocycles. The first-order valence-corrected chi connectivity index (χ1v) is 7.23. The van der Waals surface area contributed by atoms with E-state index in [1.807, 2.05) is 0 Å². The van der Waals surface area contributed by atoms with Crippen molar-refractivity contribution in [2.24, 2.45) is 0 Å². The topological polar surface area (TPSA) is 113 Å².